The highest BCUT2D eigenvalue weighted by atomic mass is 16.6. The molecule has 3 unspecified atom stereocenters. The van der Waals surface area contributed by atoms with E-state index in [1.807, 2.05) is 13.8 Å². The van der Waals surface area contributed by atoms with Crippen LogP contribution < -0.4 is 0 Å². The lowest BCUT2D eigenvalue weighted by atomic mass is 10.1. The van der Waals surface area contributed by atoms with E-state index in [0.29, 0.717) is 19.0 Å². The Morgan fingerprint density at radius 1 is 1.52 bits per heavy atom. The molecule has 0 aromatic carbocycles. The van der Waals surface area contributed by atoms with E-state index in [-0.39, 0.29) is 30.1 Å². The van der Waals surface area contributed by atoms with Gasteiger partial charge in [-0.3, -0.25) is 14.5 Å². The third kappa shape index (κ3) is 3.39. The van der Waals surface area contributed by atoms with Crippen LogP contribution in [0.2, 0.25) is 0 Å². The average molecular weight is 321 g/mol. The summed E-state index contributed by atoms with van der Waals surface area (Å²) in [5.41, 5.74) is 0. The number of hydrogen-bond acceptors (Lipinski definition) is 6. The van der Waals surface area contributed by atoms with E-state index < -0.39 is 0 Å². The van der Waals surface area contributed by atoms with Gasteiger partial charge in [0.1, 0.15) is 17.9 Å². The first kappa shape index (κ1) is 16.0. The van der Waals surface area contributed by atoms with Crippen LogP contribution in [-0.2, 0) is 20.9 Å². The Labute approximate surface area is 135 Å². The summed E-state index contributed by atoms with van der Waals surface area (Å²) in [4.78, 5) is 32.0. The molecule has 0 aliphatic carbocycles. The summed E-state index contributed by atoms with van der Waals surface area (Å²) in [5, 5.41) is 0. The van der Waals surface area contributed by atoms with Crippen molar-refractivity contribution < 1.29 is 18.7 Å². The van der Waals surface area contributed by atoms with Crippen LogP contribution in [0.25, 0.3) is 0 Å². The summed E-state index contributed by atoms with van der Waals surface area (Å²) in [5.74, 6) is 1.13. The van der Waals surface area contributed by atoms with Gasteiger partial charge in [-0.15, -0.1) is 0 Å². The minimum Gasteiger partial charge on any atom is -0.461 e. The topological polar surface area (TPSA) is 75.9 Å². The number of likely N-dealkylation sites (tertiary alicyclic amines) is 1. The zero-order valence-corrected chi connectivity index (χ0v) is 13.8. The monoisotopic (exact) mass is 321 g/mol. The molecule has 0 radical (unpaired) electrons. The fraction of sp³-hybridized carbons (Fsp3) is 0.688. The molecular formula is C16H23N3O4. The van der Waals surface area contributed by atoms with Gasteiger partial charge in [-0.1, -0.05) is 0 Å². The predicted octanol–water partition coefficient (Wildman–Crippen LogP) is 1.11. The average Bonchev–Trinajstić information content (AvgIpc) is 3.16. The van der Waals surface area contributed by atoms with Gasteiger partial charge in [-0.05, 0) is 20.3 Å². The Hall–Kier alpha value is -1.89. The smallest absolute Gasteiger partial charge is 0.323 e. The van der Waals surface area contributed by atoms with Crippen LogP contribution >= 0.6 is 0 Å². The minimum absolute atomic E-state index is 0.00457. The molecule has 1 amide bonds. The molecule has 1 aromatic rings. The maximum Gasteiger partial charge on any atom is 0.323 e. The van der Waals surface area contributed by atoms with E-state index in [0.717, 1.165) is 25.1 Å². The van der Waals surface area contributed by atoms with E-state index in [4.69, 9.17) is 9.15 Å². The Balaban J connectivity index is 1.65. The maximum atomic E-state index is 12.0. The number of carbonyl (C=O) groups excluding carboxylic acids is 2. The summed E-state index contributed by atoms with van der Waals surface area (Å²) in [6.07, 6.45) is 3.21. The number of oxazole rings is 1. The first-order valence-electron chi connectivity index (χ1n) is 8.07. The molecular weight excluding hydrogens is 298 g/mol. The van der Waals surface area contributed by atoms with Crippen molar-refractivity contribution in [3.8, 4) is 0 Å². The second-order valence-electron chi connectivity index (χ2n) is 6.45. The SMILES string of the molecule is CC(=O)N(Cc1ncc(C)o1)C1CCN(C2CC(C)OC2=O)C1. The summed E-state index contributed by atoms with van der Waals surface area (Å²) in [6, 6.07) is -0.101. The van der Waals surface area contributed by atoms with Crippen molar-refractivity contribution >= 4 is 11.9 Å². The van der Waals surface area contributed by atoms with Gasteiger partial charge in [0.2, 0.25) is 11.8 Å². The van der Waals surface area contributed by atoms with E-state index in [1.54, 1.807) is 18.0 Å². The fourth-order valence-corrected chi connectivity index (χ4v) is 3.46. The first-order valence-corrected chi connectivity index (χ1v) is 8.07. The van der Waals surface area contributed by atoms with Gasteiger partial charge in [0.25, 0.3) is 0 Å². The second-order valence-corrected chi connectivity index (χ2v) is 6.45. The molecule has 2 fully saturated rings. The molecule has 0 N–H and O–H groups in total. The molecule has 2 aliphatic heterocycles. The molecule has 2 aliphatic rings. The van der Waals surface area contributed by atoms with Gasteiger partial charge in [0, 0.05) is 32.5 Å². The fourth-order valence-electron chi connectivity index (χ4n) is 3.46. The molecule has 0 spiro atoms. The van der Waals surface area contributed by atoms with Crippen molar-refractivity contribution in [2.24, 2.45) is 0 Å². The number of aromatic nitrogens is 1. The van der Waals surface area contributed by atoms with E-state index in [2.05, 4.69) is 9.88 Å². The lowest BCUT2D eigenvalue weighted by molar-refractivity contribution is -0.144. The van der Waals surface area contributed by atoms with Crippen molar-refractivity contribution in [3.63, 3.8) is 0 Å². The number of cyclic esters (lactones) is 1. The van der Waals surface area contributed by atoms with Crippen molar-refractivity contribution in [2.75, 3.05) is 13.1 Å². The highest BCUT2D eigenvalue weighted by molar-refractivity contribution is 5.78. The van der Waals surface area contributed by atoms with Crippen LogP contribution in [0.3, 0.4) is 0 Å². The molecule has 23 heavy (non-hydrogen) atoms. The molecule has 7 heteroatoms. The molecule has 7 nitrogen and oxygen atoms in total. The molecule has 3 atom stereocenters. The van der Waals surface area contributed by atoms with Crippen LogP contribution in [0.1, 0.15) is 38.3 Å². The van der Waals surface area contributed by atoms with E-state index in [1.165, 1.54) is 0 Å². The number of esters is 1. The number of aryl methyl sites for hydroxylation is 1. The molecule has 3 rings (SSSR count). The van der Waals surface area contributed by atoms with Gasteiger partial charge in [0.15, 0.2) is 0 Å². The standard InChI is InChI=1S/C16H23N3O4/c1-10-6-14(16(21)23-10)18-5-4-13(8-18)19(12(3)20)9-15-17-7-11(2)22-15/h7,10,13-14H,4-6,8-9H2,1-3H3. The first-order chi connectivity index (χ1) is 10.9. The van der Waals surface area contributed by atoms with Crippen LogP contribution in [-0.4, -0.2) is 57.9 Å². The summed E-state index contributed by atoms with van der Waals surface area (Å²) in [7, 11) is 0. The zero-order chi connectivity index (χ0) is 16.6. The molecule has 3 heterocycles. The molecule has 2 saturated heterocycles. The molecule has 0 bridgehead atoms. The number of carbonyl (C=O) groups is 2. The van der Waals surface area contributed by atoms with E-state index >= 15 is 0 Å². The number of amides is 1. The number of hydrogen-bond donors (Lipinski definition) is 0. The highest BCUT2D eigenvalue weighted by Crippen LogP contribution is 2.26. The molecule has 0 saturated carbocycles. The van der Waals surface area contributed by atoms with Gasteiger partial charge in [0.05, 0.1) is 12.7 Å². The third-order valence-electron chi connectivity index (χ3n) is 4.60. The van der Waals surface area contributed by atoms with Crippen molar-refractivity contribution in [2.45, 2.75) is 58.3 Å². The van der Waals surface area contributed by atoms with Crippen LogP contribution in [0, 0.1) is 6.92 Å². The Morgan fingerprint density at radius 3 is 2.87 bits per heavy atom. The predicted molar refractivity (Wildman–Crippen MR) is 81.4 cm³/mol. The van der Waals surface area contributed by atoms with Gasteiger partial charge in [-0.2, -0.15) is 0 Å². The highest BCUT2D eigenvalue weighted by Gasteiger charge is 2.41. The lowest BCUT2D eigenvalue weighted by Gasteiger charge is -2.27. The van der Waals surface area contributed by atoms with Gasteiger partial charge < -0.3 is 14.1 Å². The van der Waals surface area contributed by atoms with E-state index in [9.17, 15) is 9.59 Å². The Morgan fingerprint density at radius 2 is 2.30 bits per heavy atom. The van der Waals surface area contributed by atoms with Crippen LogP contribution in [0.15, 0.2) is 10.6 Å². The lowest BCUT2D eigenvalue weighted by Crippen LogP contribution is -2.43. The quantitative estimate of drug-likeness (QED) is 0.773. The van der Waals surface area contributed by atoms with Crippen LogP contribution in [0.4, 0.5) is 0 Å². The second kappa shape index (κ2) is 6.31. The van der Waals surface area contributed by atoms with Gasteiger partial charge in [-0.25, -0.2) is 4.98 Å². The van der Waals surface area contributed by atoms with Gasteiger partial charge >= 0.3 is 5.97 Å². The maximum absolute atomic E-state index is 12.0. The van der Waals surface area contributed by atoms with Crippen molar-refractivity contribution in [1.82, 2.24) is 14.8 Å². The Kier molecular flexibility index (Phi) is 4.39. The largest absolute Gasteiger partial charge is 0.461 e. The molecule has 1 aromatic heterocycles. The minimum atomic E-state index is -0.173. The third-order valence-corrected chi connectivity index (χ3v) is 4.60. The summed E-state index contributed by atoms with van der Waals surface area (Å²) >= 11 is 0. The number of rotatable bonds is 4. The summed E-state index contributed by atoms with van der Waals surface area (Å²) in [6.45, 7) is 7.16. The molecule has 126 valence electrons. The Bertz CT molecular complexity index is 600. The summed E-state index contributed by atoms with van der Waals surface area (Å²) < 4.78 is 10.7. The zero-order valence-electron chi connectivity index (χ0n) is 13.8. The van der Waals surface area contributed by atoms with Crippen molar-refractivity contribution in [1.29, 1.82) is 0 Å². The number of ether oxygens (including phenoxy) is 1. The van der Waals surface area contributed by atoms with Crippen molar-refractivity contribution in [3.05, 3.63) is 17.8 Å². The number of nitrogens with zero attached hydrogens (tertiary/aromatic N) is 3. The normalized spacial score (nSPS) is 28.1. The van der Waals surface area contributed by atoms with Crippen LogP contribution in [0.5, 0.6) is 0 Å².